The van der Waals surface area contributed by atoms with Gasteiger partial charge < -0.3 is 43.4 Å². The van der Waals surface area contributed by atoms with Gasteiger partial charge in [0, 0.05) is 6.54 Å². The molecule has 11 N–H and O–H groups in total. The molecule has 0 rings (SSSR count). The predicted octanol–water partition coefficient (Wildman–Crippen LogP) is -2.30. The molecular formula is C20H39N7O6S. The molecule has 5 unspecified atom stereocenters. The van der Waals surface area contributed by atoms with Crippen LogP contribution in [0, 0.1) is 5.92 Å². The minimum absolute atomic E-state index is 0.0576. The highest BCUT2D eigenvalue weighted by Gasteiger charge is 2.32. The number of carbonyl (C=O) groups excluding carboxylic acids is 3. The van der Waals surface area contributed by atoms with Crippen LogP contribution >= 0.6 is 11.8 Å². The van der Waals surface area contributed by atoms with Gasteiger partial charge in [-0.3, -0.25) is 19.4 Å². The first kappa shape index (κ1) is 31.4. The highest BCUT2D eigenvalue weighted by Crippen LogP contribution is 2.08. The number of hydrogen-bond donors (Lipinski definition) is 8. The quantitative estimate of drug-likeness (QED) is 0.0634. The Bertz CT molecular complexity index is 716. The van der Waals surface area contributed by atoms with Gasteiger partial charge in [0.1, 0.15) is 12.1 Å². The van der Waals surface area contributed by atoms with E-state index in [9.17, 15) is 29.4 Å². The molecule has 0 aromatic heterocycles. The van der Waals surface area contributed by atoms with Gasteiger partial charge in [0.2, 0.25) is 17.7 Å². The summed E-state index contributed by atoms with van der Waals surface area (Å²) in [6.45, 7) is 4.99. The van der Waals surface area contributed by atoms with Crippen LogP contribution in [-0.2, 0) is 19.2 Å². The summed E-state index contributed by atoms with van der Waals surface area (Å²) in [5, 5.41) is 26.3. The van der Waals surface area contributed by atoms with Crippen LogP contribution in [0.15, 0.2) is 4.99 Å². The lowest BCUT2D eigenvalue weighted by Gasteiger charge is -2.27. The lowest BCUT2D eigenvalue weighted by Crippen LogP contribution is -2.59. The maximum absolute atomic E-state index is 12.9. The van der Waals surface area contributed by atoms with Gasteiger partial charge in [-0.2, -0.15) is 11.8 Å². The summed E-state index contributed by atoms with van der Waals surface area (Å²) in [5.41, 5.74) is 16.4. The minimum Gasteiger partial charge on any atom is -0.480 e. The number of guanidine groups is 1. The fourth-order valence-electron chi connectivity index (χ4n) is 2.85. The van der Waals surface area contributed by atoms with Gasteiger partial charge in [-0.15, -0.1) is 0 Å². The van der Waals surface area contributed by atoms with Crippen molar-refractivity contribution in [2.75, 3.05) is 18.6 Å². The number of aliphatic carboxylic acids is 1. The molecule has 3 amide bonds. The number of thioether (sulfide) groups is 1. The Morgan fingerprint density at radius 3 is 2.00 bits per heavy atom. The van der Waals surface area contributed by atoms with Crippen molar-refractivity contribution < 1.29 is 29.4 Å². The number of nitrogens with zero attached hydrogens (tertiary/aromatic N) is 1. The first-order chi connectivity index (χ1) is 15.8. The molecule has 0 aromatic carbocycles. The van der Waals surface area contributed by atoms with Crippen LogP contribution in [0.2, 0.25) is 0 Å². The summed E-state index contributed by atoms with van der Waals surface area (Å²) in [6, 6.07) is -4.46. The third-order valence-electron chi connectivity index (χ3n) is 4.84. The Balaban J connectivity index is 5.26. The zero-order valence-electron chi connectivity index (χ0n) is 20.1. The van der Waals surface area contributed by atoms with Crippen LogP contribution in [0.5, 0.6) is 0 Å². The first-order valence-corrected chi connectivity index (χ1v) is 12.3. The number of carboxylic acid groups (broad SMARTS) is 1. The first-order valence-electron chi connectivity index (χ1n) is 10.9. The standard InChI is InChI=1S/C20H39N7O6S/c1-10(2)14(26-16(29)12(21)6-5-8-24-20(22)23)18(31)25-13(7-9-34-4)17(30)27-15(11(3)28)19(32)33/h10-15,28H,5-9,21H2,1-4H3,(H,25,31)(H,26,29)(H,27,30)(H,32,33)(H4,22,23,24). The van der Waals surface area contributed by atoms with Gasteiger partial charge in [0.25, 0.3) is 0 Å². The van der Waals surface area contributed by atoms with Gasteiger partial charge in [-0.25, -0.2) is 4.79 Å². The number of aliphatic hydroxyl groups excluding tert-OH is 1. The zero-order chi connectivity index (χ0) is 26.4. The van der Waals surface area contributed by atoms with Crippen molar-refractivity contribution in [3.8, 4) is 0 Å². The number of carboxylic acids is 1. The summed E-state index contributed by atoms with van der Waals surface area (Å²) in [5.74, 6) is -3.18. The Morgan fingerprint density at radius 1 is 0.941 bits per heavy atom. The highest BCUT2D eigenvalue weighted by molar-refractivity contribution is 7.98. The molecule has 0 radical (unpaired) electrons. The molecule has 5 atom stereocenters. The fourth-order valence-corrected chi connectivity index (χ4v) is 3.33. The van der Waals surface area contributed by atoms with Gasteiger partial charge >= 0.3 is 5.97 Å². The molecule has 0 fully saturated rings. The van der Waals surface area contributed by atoms with Crippen LogP contribution in [0.25, 0.3) is 0 Å². The summed E-state index contributed by atoms with van der Waals surface area (Å²) in [6.07, 6.45) is 1.46. The van der Waals surface area contributed by atoms with E-state index in [1.165, 1.54) is 18.7 Å². The SMILES string of the molecule is CSCCC(NC(=O)C(NC(=O)C(N)CCCN=C(N)N)C(C)C)C(=O)NC(C(=O)O)C(C)O. The molecule has 0 aliphatic carbocycles. The van der Waals surface area contributed by atoms with Gasteiger partial charge in [-0.1, -0.05) is 13.8 Å². The number of nitrogens with one attached hydrogen (secondary N) is 3. The van der Waals surface area contributed by atoms with E-state index >= 15 is 0 Å². The maximum Gasteiger partial charge on any atom is 0.328 e. The second kappa shape index (κ2) is 16.1. The second-order valence-corrected chi connectivity index (χ2v) is 9.18. The van der Waals surface area contributed by atoms with E-state index in [4.69, 9.17) is 17.2 Å². The van der Waals surface area contributed by atoms with Gasteiger partial charge in [0.15, 0.2) is 12.0 Å². The largest absolute Gasteiger partial charge is 0.480 e. The van der Waals surface area contributed by atoms with E-state index < -0.39 is 54.0 Å². The smallest absolute Gasteiger partial charge is 0.328 e. The lowest BCUT2D eigenvalue weighted by molar-refractivity contribution is -0.145. The Hall–Kier alpha value is -2.58. The normalized spacial score (nSPS) is 15.4. The van der Waals surface area contributed by atoms with E-state index in [1.807, 2.05) is 6.26 Å². The number of hydrogen-bond acceptors (Lipinski definition) is 8. The van der Waals surface area contributed by atoms with E-state index in [0.717, 1.165) is 0 Å². The number of aliphatic hydroxyl groups is 1. The molecule has 0 heterocycles. The van der Waals surface area contributed by atoms with Crippen molar-refractivity contribution in [1.82, 2.24) is 16.0 Å². The van der Waals surface area contributed by atoms with Crippen LogP contribution in [0.3, 0.4) is 0 Å². The molecule has 0 aliphatic heterocycles. The number of carbonyl (C=O) groups is 4. The van der Waals surface area contributed by atoms with Crippen molar-refractivity contribution in [2.24, 2.45) is 28.1 Å². The third-order valence-corrected chi connectivity index (χ3v) is 5.49. The Morgan fingerprint density at radius 2 is 1.53 bits per heavy atom. The summed E-state index contributed by atoms with van der Waals surface area (Å²) >= 11 is 1.44. The van der Waals surface area contributed by atoms with Crippen molar-refractivity contribution >= 4 is 41.4 Å². The fraction of sp³-hybridized carbons (Fsp3) is 0.750. The monoisotopic (exact) mass is 505 g/mol. The van der Waals surface area contributed by atoms with E-state index in [0.29, 0.717) is 25.1 Å². The van der Waals surface area contributed by atoms with Gasteiger partial charge in [-0.05, 0) is 44.1 Å². The molecule has 0 spiro atoms. The molecule has 34 heavy (non-hydrogen) atoms. The van der Waals surface area contributed by atoms with Crippen molar-refractivity contribution in [1.29, 1.82) is 0 Å². The highest BCUT2D eigenvalue weighted by atomic mass is 32.2. The molecule has 0 aliphatic rings. The van der Waals surface area contributed by atoms with Crippen LogP contribution in [0.1, 0.15) is 40.0 Å². The number of aliphatic imine (C=N–C) groups is 1. The van der Waals surface area contributed by atoms with Crippen molar-refractivity contribution in [3.05, 3.63) is 0 Å². The second-order valence-electron chi connectivity index (χ2n) is 8.19. The average Bonchev–Trinajstić information content (AvgIpc) is 2.74. The molecule has 0 bridgehead atoms. The summed E-state index contributed by atoms with van der Waals surface area (Å²) in [7, 11) is 0. The predicted molar refractivity (Wildman–Crippen MR) is 131 cm³/mol. The van der Waals surface area contributed by atoms with Crippen molar-refractivity contribution in [2.45, 2.75) is 70.3 Å². The Labute approximate surface area is 204 Å². The molecule has 13 nitrogen and oxygen atoms in total. The Kier molecular flexibility index (Phi) is 14.9. The number of rotatable bonds is 16. The maximum atomic E-state index is 12.9. The molecule has 0 saturated heterocycles. The van der Waals surface area contributed by atoms with Crippen LogP contribution < -0.4 is 33.2 Å². The summed E-state index contributed by atoms with van der Waals surface area (Å²) in [4.78, 5) is 53.2. The lowest BCUT2D eigenvalue weighted by atomic mass is 10.0. The molecule has 196 valence electrons. The van der Waals surface area contributed by atoms with E-state index in [-0.39, 0.29) is 18.3 Å². The topological polar surface area (TPSA) is 235 Å². The molecular weight excluding hydrogens is 466 g/mol. The number of nitrogens with two attached hydrogens (primary N) is 3. The third kappa shape index (κ3) is 12.0. The zero-order valence-corrected chi connectivity index (χ0v) is 20.9. The molecule has 0 saturated carbocycles. The van der Waals surface area contributed by atoms with Gasteiger partial charge in [0.05, 0.1) is 12.1 Å². The van der Waals surface area contributed by atoms with Crippen LogP contribution in [0.4, 0.5) is 0 Å². The van der Waals surface area contributed by atoms with E-state index in [1.54, 1.807) is 13.8 Å². The summed E-state index contributed by atoms with van der Waals surface area (Å²) < 4.78 is 0. The molecule has 14 heteroatoms. The van der Waals surface area contributed by atoms with Crippen molar-refractivity contribution in [3.63, 3.8) is 0 Å². The average molecular weight is 506 g/mol. The molecule has 0 aromatic rings. The minimum atomic E-state index is -1.53. The van der Waals surface area contributed by atoms with Crippen LogP contribution in [-0.4, -0.2) is 88.7 Å². The number of amides is 3. The van der Waals surface area contributed by atoms with E-state index in [2.05, 4.69) is 20.9 Å².